The summed E-state index contributed by atoms with van der Waals surface area (Å²) in [7, 11) is -0.0451. The number of nitrogen functional groups attached to an aromatic ring is 1. The molecule has 1 aromatic rings. The van der Waals surface area contributed by atoms with E-state index in [0.29, 0.717) is 47.6 Å². The Bertz CT molecular complexity index is 966. The van der Waals surface area contributed by atoms with Crippen LogP contribution < -0.4 is 15.8 Å². The molecule has 0 aromatic heterocycles. The highest BCUT2D eigenvalue weighted by atomic mass is 35.5. The van der Waals surface area contributed by atoms with Gasteiger partial charge in [-0.05, 0) is 45.1 Å². The lowest BCUT2D eigenvalue weighted by atomic mass is 9.94. The molecule has 2 aliphatic rings. The number of rotatable bonds is 8. The van der Waals surface area contributed by atoms with Gasteiger partial charge >= 0.3 is 0 Å². The maximum atomic E-state index is 13.0. The van der Waals surface area contributed by atoms with Crippen molar-refractivity contribution >= 4 is 33.2 Å². The minimum atomic E-state index is -3.19. The van der Waals surface area contributed by atoms with Gasteiger partial charge < -0.3 is 25.4 Å². The molecule has 2 aliphatic heterocycles. The van der Waals surface area contributed by atoms with Gasteiger partial charge in [-0.1, -0.05) is 11.6 Å². The van der Waals surface area contributed by atoms with Crippen LogP contribution in [-0.4, -0.2) is 87.9 Å². The second kappa shape index (κ2) is 11.4. The van der Waals surface area contributed by atoms with Crippen LogP contribution in [0.5, 0.6) is 5.75 Å². The van der Waals surface area contributed by atoms with Crippen molar-refractivity contribution in [1.82, 2.24) is 14.5 Å². The Morgan fingerprint density at radius 3 is 2.47 bits per heavy atom. The number of nitrogens with two attached hydrogens (primary N) is 1. The maximum Gasteiger partial charge on any atom is 0.255 e. The van der Waals surface area contributed by atoms with E-state index in [4.69, 9.17) is 26.8 Å². The third-order valence-corrected chi connectivity index (χ3v) is 9.48. The average Bonchev–Trinajstić information content (AvgIpc) is 2.81. The monoisotopic (exact) mass is 516 g/mol. The largest absolute Gasteiger partial charge is 0.496 e. The molecule has 192 valence electrons. The Morgan fingerprint density at radius 1 is 1.21 bits per heavy atom. The second-order valence-electron chi connectivity index (χ2n) is 9.41. The van der Waals surface area contributed by atoms with Crippen LogP contribution in [0.15, 0.2) is 12.1 Å². The van der Waals surface area contributed by atoms with Crippen molar-refractivity contribution in [3.05, 3.63) is 22.7 Å². The Labute approximate surface area is 207 Å². The molecule has 0 saturated carbocycles. The molecule has 0 spiro atoms. The lowest BCUT2D eigenvalue weighted by molar-refractivity contribution is -0.000150. The van der Waals surface area contributed by atoms with Crippen molar-refractivity contribution in [2.75, 3.05) is 52.7 Å². The summed E-state index contributed by atoms with van der Waals surface area (Å²) >= 11 is 6.12. The maximum absolute atomic E-state index is 13.0. The van der Waals surface area contributed by atoms with Gasteiger partial charge in [-0.3, -0.25) is 4.79 Å². The Hall–Kier alpha value is -1.59. The lowest BCUT2D eigenvalue weighted by Gasteiger charge is -2.41. The second-order valence-corrected chi connectivity index (χ2v) is 12.3. The van der Waals surface area contributed by atoms with E-state index in [1.807, 2.05) is 0 Å². The van der Waals surface area contributed by atoms with Crippen molar-refractivity contribution in [3.8, 4) is 5.75 Å². The number of benzene rings is 1. The van der Waals surface area contributed by atoms with E-state index in [9.17, 15) is 13.2 Å². The van der Waals surface area contributed by atoms with E-state index in [0.717, 1.165) is 32.4 Å². The molecular weight excluding hydrogens is 480 g/mol. The van der Waals surface area contributed by atoms with Crippen LogP contribution in [-0.2, 0) is 14.8 Å². The fourth-order valence-electron chi connectivity index (χ4n) is 4.72. The number of nitrogens with zero attached hydrogens (tertiary/aromatic N) is 2. The Kier molecular flexibility index (Phi) is 9.08. The van der Waals surface area contributed by atoms with Crippen molar-refractivity contribution in [1.29, 1.82) is 0 Å². The number of anilines is 1. The topological polar surface area (TPSA) is 114 Å². The van der Waals surface area contributed by atoms with Crippen molar-refractivity contribution in [2.45, 2.75) is 50.5 Å². The summed E-state index contributed by atoms with van der Waals surface area (Å²) in [4.78, 5) is 15.3. The summed E-state index contributed by atoms with van der Waals surface area (Å²) in [6.07, 6.45) is 2.31. The molecule has 2 fully saturated rings. The first-order valence-electron chi connectivity index (χ1n) is 11.7. The molecule has 11 heteroatoms. The van der Waals surface area contributed by atoms with Crippen LogP contribution in [0.1, 0.15) is 43.5 Å². The van der Waals surface area contributed by atoms with Gasteiger partial charge in [0.15, 0.2) is 0 Å². The molecule has 34 heavy (non-hydrogen) atoms. The van der Waals surface area contributed by atoms with E-state index in [1.165, 1.54) is 13.2 Å². The predicted octanol–water partition coefficient (Wildman–Crippen LogP) is 2.20. The Morgan fingerprint density at radius 2 is 1.88 bits per heavy atom. The lowest BCUT2D eigenvalue weighted by Crippen LogP contribution is -2.55. The molecule has 2 saturated heterocycles. The van der Waals surface area contributed by atoms with Gasteiger partial charge in [0.1, 0.15) is 5.75 Å². The number of methoxy groups -OCH3 is 2. The van der Waals surface area contributed by atoms with Crippen LogP contribution in [0, 0.1) is 5.92 Å². The highest BCUT2D eigenvalue weighted by Crippen LogP contribution is 2.29. The standard InChI is InChI=1S/C23H37ClN4O5S/c1-15(2)34(30,31)28-9-5-16(6-10-28)13-27-8-7-20(22(14-27)33-4)26-23(29)17-11-18(24)19(25)12-21(17)32-3/h11-12,15-16,20,22H,5-10,13-14,25H2,1-4H3,(H,26,29)/t20-,22+/m0/s1. The van der Waals surface area contributed by atoms with Gasteiger partial charge in [-0.15, -0.1) is 0 Å². The van der Waals surface area contributed by atoms with E-state index in [1.54, 1.807) is 31.3 Å². The molecule has 0 unspecified atom stereocenters. The number of hydrogen-bond donors (Lipinski definition) is 2. The molecule has 3 N–H and O–H groups in total. The first-order valence-corrected chi connectivity index (χ1v) is 13.6. The summed E-state index contributed by atoms with van der Waals surface area (Å²) in [5, 5.41) is 2.99. The van der Waals surface area contributed by atoms with E-state index < -0.39 is 10.0 Å². The number of amides is 1. The molecule has 2 heterocycles. The molecule has 0 radical (unpaired) electrons. The van der Waals surface area contributed by atoms with Gasteiger partial charge in [0.25, 0.3) is 5.91 Å². The molecule has 1 aromatic carbocycles. The zero-order chi connectivity index (χ0) is 25.0. The van der Waals surface area contributed by atoms with E-state index in [-0.39, 0.29) is 23.3 Å². The van der Waals surface area contributed by atoms with Crippen molar-refractivity contribution in [2.24, 2.45) is 5.92 Å². The van der Waals surface area contributed by atoms with Gasteiger partial charge in [0.05, 0.1) is 40.8 Å². The molecule has 0 bridgehead atoms. The Balaban J connectivity index is 1.55. The number of nitrogens with one attached hydrogen (secondary N) is 1. The SMILES string of the molecule is COc1cc(N)c(Cl)cc1C(=O)N[C@H]1CCN(CC2CCN(S(=O)(=O)C(C)C)CC2)C[C@H]1OC. The average molecular weight is 517 g/mol. The van der Waals surface area contributed by atoms with Crippen LogP contribution >= 0.6 is 11.6 Å². The van der Waals surface area contributed by atoms with Gasteiger partial charge in [-0.2, -0.15) is 0 Å². The van der Waals surface area contributed by atoms with Crippen LogP contribution in [0.25, 0.3) is 0 Å². The fraction of sp³-hybridized carbons (Fsp3) is 0.696. The smallest absolute Gasteiger partial charge is 0.255 e. The normalized spacial score (nSPS) is 23.2. The predicted molar refractivity (Wildman–Crippen MR) is 134 cm³/mol. The first kappa shape index (κ1) is 27.0. The molecule has 1 amide bonds. The molecule has 9 nitrogen and oxygen atoms in total. The number of carbonyl (C=O) groups is 1. The van der Waals surface area contributed by atoms with Gasteiger partial charge in [0.2, 0.25) is 10.0 Å². The number of piperidine rings is 2. The zero-order valence-electron chi connectivity index (χ0n) is 20.4. The minimum absolute atomic E-state index is 0.146. The summed E-state index contributed by atoms with van der Waals surface area (Å²) < 4.78 is 37.5. The van der Waals surface area contributed by atoms with Gasteiger partial charge in [-0.25, -0.2) is 12.7 Å². The third-order valence-electron chi connectivity index (χ3n) is 6.87. The quantitative estimate of drug-likeness (QED) is 0.509. The van der Waals surface area contributed by atoms with E-state index in [2.05, 4.69) is 10.2 Å². The number of halogens is 1. The number of hydrogen-bond acceptors (Lipinski definition) is 7. The fourth-order valence-corrected chi connectivity index (χ4v) is 6.20. The minimum Gasteiger partial charge on any atom is -0.496 e. The van der Waals surface area contributed by atoms with E-state index >= 15 is 0 Å². The molecular formula is C23H37ClN4O5S. The highest BCUT2D eigenvalue weighted by molar-refractivity contribution is 7.89. The summed E-state index contributed by atoms with van der Waals surface area (Å²) in [5.41, 5.74) is 6.51. The first-order chi connectivity index (χ1) is 16.1. The highest BCUT2D eigenvalue weighted by Gasteiger charge is 2.34. The van der Waals surface area contributed by atoms with Gasteiger partial charge in [0, 0.05) is 45.9 Å². The summed E-state index contributed by atoms with van der Waals surface area (Å²) in [5.74, 6) is 0.540. The number of ether oxygens (including phenoxy) is 2. The molecule has 0 aliphatic carbocycles. The number of likely N-dealkylation sites (tertiary alicyclic amines) is 1. The van der Waals surface area contributed by atoms with Crippen molar-refractivity contribution in [3.63, 3.8) is 0 Å². The third kappa shape index (κ3) is 6.15. The van der Waals surface area contributed by atoms with Crippen molar-refractivity contribution < 1.29 is 22.7 Å². The molecule has 3 rings (SSSR count). The number of sulfonamides is 1. The van der Waals surface area contributed by atoms with Crippen LogP contribution in [0.2, 0.25) is 5.02 Å². The van der Waals surface area contributed by atoms with Crippen LogP contribution in [0.4, 0.5) is 5.69 Å². The number of carbonyl (C=O) groups excluding carboxylic acids is 1. The van der Waals surface area contributed by atoms with Crippen LogP contribution in [0.3, 0.4) is 0 Å². The summed E-state index contributed by atoms with van der Waals surface area (Å²) in [6, 6.07) is 2.92. The summed E-state index contributed by atoms with van der Waals surface area (Å²) in [6.45, 7) is 7.05. The molecule has 2 atom stereocenters. The zero-order valence-corrected chi connectivity index (χ0v) is 22.0.